The van der Waals surface area contributed by atoms with E-state index in [0.29, 0.717) is 5.41 Å². The first-order valence-corrected chi connectivity index (χ1v) is 6.07. The van der Waals surface area contributed by atoms with Crippen LogP contribution < -0.4 is 0 Å². The van der Waals surface area contributed by atoms with Crippen molar-refractivity contribution in [2.75, 3.05) is 0 Å². The summed E-state index contributed by atoms with van der Waals surface area (Å²) in [6.45, 7) is 9.31. The topological polar surface area (TPSA) is 48.8 Å². The third kappa shape index (κ3) is 2.46. The molecular formula is C12H23N3. The van der Waals surface area contributed by atoms with Crippen LogP contribution in [0.1, 0.15) is 53.4 Å². The SMILES string of the molecule is CC(C)C1(C(C)C)CCC(N=[N+]=[N-])CC1. The summed E-state index contributed by atoms with van der Waals surface area (Å²) < 4.78 is 0. The van der Waals surface area contributed by atoms with Crippen molar-refractivity contribution < 1.29 is 0 Å². The van der Waals surface area contributed by atoms with Crippen molar-refractivity contribution in [3.05, 3.63) is 10.4 Å². The minimum Gasteiger partial charge on any atom is -0.0906 e. The Kier molecular flexibility index (Phi) is 4.04. The van der Waals surface area contributed by atoms with Crippen LogP contribution in [0.4, 0.5) is 0 Å². The van der Waals surface area contributed by atoms with Gasteiger partial charge >= 0.3 is 0 Å². The Bertz CT molecular complexity index is 234. The zero-order valence-corrected chi connectivity index (χ0v) is 10.4. The van der Waals surface area contributed by atoms with E-state index in [4.69, 9.17) is 5.53 Å². The second-order valence-electron chi connectivity index (χ2n) is 5.48. The van der Waals surface area contributed by atoms with Crippen molar-refractivity contribution in [2.24, 2.45) is 22.4 Å². The molecule has 0 amide bonds. The van der Waals surface area contributed by atoms with E-state index >= 15 is 0 Å². The van der Waals surface area contributed by atoms with Gasteiger partial charge in [-0.1, -0.05) is 32.8 Å². The van der Waals surface area contributed by atoms with E-state index in [0.717, 1.165) is 24.7 Å². The molecule has 3 nitrogen and oxygen atoms in total. The highest BCUT2D eigenvalue weighted by Gasteiger charge is 2.39. The molecule has 1 aliphatic carbocycles. The Morgan fingerprint density at radius 2 is 1.60 bits per heavy atom. The van der Waals surface area contributed by atoms with Gasteiger partial charge in [-0.05, 0) is 48.5 Å². The Balaban J connectivity index is 2.69. The van der Waals surface area contributed by atoms with Crippen LogP contribution in [0.5, 0.6) is 0 Å². The van der Waals surface area contributed by atoms with Crippen LogP contribution in [-0.2, 0) is 0 Å². The predicted octanol–water partition coefficient (Wildman–Crippen LogP) is 4.54. The van der Waals surface area contributed by atoms with E-state index in [2.05, 4.69) is 37.7 Å². The van der Waals surface area contributed by atoms with Gasteiger partial charge in [-0.15, -0.1) is 0 Å². The molecule has 1 rings (SSSR count). The summed E-state index contributed by atoms with van der Waals surface area (Å²) in [7, 11) is 0. The fourth-order valence-corrected chi connectivity index (χ4v) is 3.15. The maximum atomic E-state index is 8.43. The van der Waals surface area contributed by atoms with Crippen LogP contribution in [0.25, 0.3) is 10.4 Å². The summed E-state index contributed by atoms with van der Waals surface area (Å²) in [5, 5.41) is 3.85. The molecule has 3 heteroatoms. The maximum absolute atomic E-state index is 8.43. The fourth-order valence-electron chi connectivity index (χ4n) is 3.15. The van der Waals surface area contributed by atoms with Gasteiger partial charge in [0.2, 0.25) is 0 Å². The van der Waals surface area contributed by atoms with E-state index in [1.165, 1.54) is 12.8 Å². The molecule has 0 aliphatic heterocycles. The average Bonchev–Trinajstić information content (AvgIpc) is 2.18. The number of rotatable bonds is 3. The minimum absolute atomic E-state index is 0.251. The Labute approximate surface area is 92.9 Å². The smallest absolute Gasteiger partial charge is 0.0374 e. The quantitative estimate of drug-likeness (QED) is 0.372. The van der Waals surface area contributed by atoms with Gasteiger partial charge in [0.05, 0.1) is 0 Å². The Hall–Kier alpha value is -0.690. The molecule has 0 heterocycles. The van der Waals surface area contributed by atoms with Gasteiger partial charge in [0.25, 0.3) is 0 Å². The van der Waals surface area contributed by atoms with Crippen molar-refractivity contribution in [1.82, 2.24) is 0 Å². The zero-order chi connectivity index (χ0) is 11.5. The van der Waals surface area contributed by atoms with Crippen molar-refractivity contribution in [3.63, 3.8) is 0 Å². The van der Waals surface area contributed by atoms with Gasteiger partial charge in [-0.25, -0.2) is 0 Å². The summed E-state index contributed by atoms with van der Waals surface area (Å²) in [5.74, 6) is 1.45. The van der Waals surface area contributed by atoms with E-state index in [-0.39, 0.29) is 6.04 Å². The highest BCUT2D eigenvalue weighted by atomic mass is 15.1. The lowest BCUT2D eigenvalue weighted by Crippen LogP contribution is -2.38. The van der Waals surface area contributed by atoms with E-state index in [9.17, 15) is 0 Å². The van der Waals surface area contributed by atoms with E-state index in [1.807, 2.05) is 0 Å². The standard InChI is InChI=1S/C12H23N3/c1-9(2)12(10(3)4)7-5-11(6-8-12)14-15-13/h9-11H,5-8H2,1-4H3. The molecule has 0 unspecified atom stereocenters. The number of hydrogen-bond donors (Lipinski definition) is 0. The van der Waals surface area contributed by atoms with Gasteiger partial charge in [-0.3, -0.25) is 0 Å². The average molecular weight is 209 g/mol. The number of nitrogens with zero attached hydrogens (tertiary/aromatic N) is 3. The monoisotopic (exact) mass is 209 g/mol. The molecule has 86 valence electrons. The zero-order valence-electron chi connectivity index (χ0n) is 10.4. The highest BCUT2D eigenvalue weighted by Crippen LogP contribution is 2.48. The molecule has 0 N–H and O–H groups in total. The first-order valence-electron chi connectivity index (χ1n) is 6.07. The maximum Gasteiger partial charge on any atom is 0.0374 e. The summed E-state index contributed by atoms with van der Waals surface area (Å²) in [6, 6.07) is 0.251. The molecular weight excluding hydrogens is 186 g/mol. The molecule has 0 aromatic rings. The van der Waals surface area contributed by atoms with Gasteiger partial charge in [0, 0.05) is 11.0 Å². The van der Waals surface area contributed by atoms with Crippen LogP contribution in [-0.4, -0.2) is 6.04 Å². The fraction of sp³-hybridized carbons (Fsp3) is 1.00. The van der Waals surface area contributed by atoms with Crippen molar-refractivity contribution >= 4 is 0 Å². The lowest BCUT2D eigenvalue weighted by Gasteiger charge is -2.46. The normalized spacial score (nSPS) is 21.7. The second-order valence-corrected chi connectivity index (χ2v) is 5.48. The molecule has 1 aliphatic rings. The van der Waals surface area contributed by atoms with Crippen molar-refractivity contribution in [2.45, 2.75) is 59.4 Å². The molecule has 0 aromatic heterocycles. The molecule has 0 aromatic carbocycles. The molecule has 0 saturated heterocycles. The van der Waals surface area contributed by atoms with Gasteiger partial charge in [0.1, 0.15) is 0 Å². The summed E-state index contributed by atoms with van der Waals surface area (Å²) in [4.78, 5) is 2.92. The third-order valence-corrected chi connectivity index (χ3v) is 4.40. The largest absolute Gasteiger partial charge is 0.0906 e. The Morgan fingerprint density at radius 3 is 1.93 bits per heavy atom. The lowest BCUT2D eigenvalue weighted by atomic mass is 9.60. The summed E-state index contributed by atoms with van der Waals surface area (Å²) in [5.41, 5.74) is 8.90. The molecule has 0 bridgehead atoms. The number of azide groups is 1. The van der Waals surface area contributed by atoms with Gasteiger partial charge in [0.15, 0.2) is 0 Å². The molecule has 0 spiro atoms. The van der Waals surface area contributed by atoms with Crippen molar-refractivity contribution in [3.8, 4) is 0 Å². The molecule has 1 fully saturated rings. The van der Waals surface area contributed by atoms with E-state index < -0.39 is 0 Å². The second kappa shape index (κ2) is 4.89. The first-order chi connectivity index (χ1) is 7.03. The predicted molar refractivity (Wildman–Crippen MR) is 63.5 cm³/mol. The first kappa shape index (κ1) is 12.4. The molecule has 0 radical (unpaired) electrons. The highest BCUT2D eigenvalue weighted by molar-refractivity contribution is 4.92. The van der Waals surface area contributed by atoms with E-state index in [1.54, 1.807) is 0 Å². The van der Waals surface area contributed by atoms with Gasteiger partial charge in [-0.2, -0.15) is 0 Å². The van der Waals surface area contributed by atoms with Crippen LogP contribution in [0, 0.1) is 17.3 Å². The van der Waals surface area contributed by atoms with Crippen LogP contribution in [0.3, 0.4) is 0 Å². The van der Waals surface area contributed by atoms with Crippen LogP contribution in [0.15, 0.2) is 5.11 Å². The lowest BCUT2D eigenvalue weighted by molar-refractivity contribution is 0.0523. The van der Waals surface area contributed by atoms with Gasteiger partial charge < -0.3 is 0 Å². The number of hydrogen-bond acceptors (Lipinski definition) is 1. The molecule has 0 atom stereocenters. The Morgan fingerprint density at radius 1 is 1.13 bits per heavy atom. The van der Waals surface area contributed by atoms with Crippen LogP contribution in [0.2, 0.25) is 0 Å². The molecule has 15 heavy (non-hydrogen) atoms. The van der Waals surface area contributed by atoms with Crippen LogP contribution >= 0.6 is 0 Å². The summed E-state index contributed by atoms with van der Waals surface area (Å²) >= 11 is 0. The third-order valence-electron chi connectivity index (χ3n) is 4.40. The minimum atomic E-state index is 0.251. The molecule has 1 saturated carbocycles. The van der Waals surface area contributed by atoms with Crippen molar-refractivity contribution in [1.29, 1.82) is 0 Å². The summed E-state index contributed by atoms with van der Waals surface area (Å²) in [6.07, 6.45) is 4.57.